The van der Waals surface area contributed by atoms with Crippen LogP contribution in [0.3, 0.4) is 0 Å². The molecule has 0 aliphatic rings. The Balaban J connectivity index is 4.25. The van der Waals surface area contributed by atoms with E-state index < -0.39 is 0 Å². The second-order valence-corrected chi connectivity index (χ2v) is 8.33. The van der Waals surface area contributed by atoms with E-state index in [1.54, 1.807) is 0 Å². The Morgan fingerprint density at radius 3 is 1.74 bits per heavy atom. The predicted molar refractivity (Wildman–Crippen MR) is 121 cm³/mol. The van der Waals surface area contributed by atoms with Crippen LogP contribution in [-0.4, -0.2) is 23.9 Å². The molecule has 160 valence electrons. The zero-order chi connectivity index (χ0) is 20.2. The molecule has 0 aromatic carbocycles. The molecule has 2 nitrogen and oxygen atoms in total. The van der Waals surface area contributed by atoms with Gasteiger partial charge in [0.25, 0.3) is 0 Å². The van der Waals surface area contributed by atoms with E-state index in [-0.39, 0.29) is 5.92 Å². The Hall–Kier alpha value is -0.790. The summed E-state index contributed by atoms with van der Waals surface area (Å²) in [5.74, 6) is 0.575. The average Bonchev–Trinajstić information content (AvgIpc) is 2.68. The molecule has 0 aromatic rings. The quantitative estimate of drug-likeness (QED) is 0.155. The van der Waals surface area contributed by atoms with Crippen molar-refractivity contribution in [3.05, 3.63) is 12.7 Å². The first-order valence-corrected chi connectivity index (χ1v) is 12.1. The molecule has 0 spiro atoms. The van der Waals surface area contributed by atoms with Crippen molar-refractivity contribution in [2.24, 2.45) is 5.92 Å². The van der Waals surface area contributed by atoms with E-state index >= 15 is 0 Å². The molecule has 0 saturated carbocycles. The Morgan fingerprint density at radius 2 is 1.26 bits per heavy atom. The smallest absolute Gasteiger partial charge is 0.225 e. The molecule has 27 heavy (non-hydrogen) atoms. The van der Waals surface area contributed by atoms with Gasteiger partial charge < -0.3 is 4.90 Å². The molecule has 0 bridgehead atoms. The van der Waals surface area contributed by atoms with Crippen LogP contribution >= 0.6 is 0 Å². The molecular formula is C25H49NO. The van der Waals surface area contributed by atoms with Gasteiger partial charge in [-0.25, -0.2) is 0 Å². The summed E-state index contributed by atoms with van der Waals surface area (Å²) in [7, 11) is 0. The molecule has 0 radical (unpaired) electrons. The first-order chi connectivity index (χ1) is 13.2. The largest absolute Gasteiger partial charge is 0.342 e. The number of carbonyl (C=O) groups is 1. The standard InChI is InChI=1S/C25H49NO/c1-5-8-11-14-16-19-22-26(23-20-17-15-12-9-6-2)25(27)24(4)21-18-13-10-7-3/h7,24H,3,5-6,8-23H2,1-2,4H3. The van der Waals surface area contributed by atoms with Crippen molar-refractivity contribution in [2.75, 3.05) is 13.1 Å². The van der Waals surface area contributed by atoms with E-state index in [0.717, 1.165) is 38.8 Å². The molecule has 0 aliphatic heterocycles. The Labute approximate surface area is 171 Å². The first kappa shape index (κ1) is 26.2. The second-order valence-electron chi connectivity index (χ2n) is 8.33. The van der Waals surface area contributed by atoms with Gasteiger partial charge in [-0.3, -0.25) is 4.79 Å². The fraction of sp³-hybridized carbons (Fsp3) is 0.880. The van der Waals surface area contributed by atoms with Gasteiger partial charge in [0.2, 0.25) is 5.91 Å². The van der Waals surface area contributed by atoms with Crippen molar-refractivity contribution in [3.8, 4) is 0 Å². The van der Waals surface area contributed by atoms with Crippen molar-refractivity contribution in [3.63, 3.8) is 0 Å². The van der Waals surface area contributed by atoms with Crippen LogP contribution in [0.2, 0.25) is 0 Å². The Kier molecular flexibility index (Phi) is 19.4. The summed E-state index contributed by atoms with van der Waals surface area (Å²) in [6.07, 6.45) is 21.9. The second kappa shape index (κ2) is 20.0. The maximum Gasteiger partial charge on any atom is 0.225 e. The lowest BCUT2D eigenvalue weighted by atomic mass is 10.0. The lowest BCUT2D eigenvalue weighted by molar-refractivity contribution is -0.135. The van der Waals surface area contributed by atoms with Crippen molar-refractivity contribution in [1.29, 1.82) is 0 Å². The van der Waals surface area contributed by atoms with Gasteiger partial charge in [0.05, 0.1) is 0 Å². The zero-order valence-electron chi connectivity index (χ0n) is 18.9. The molecule has 0 N–H and O–H groups in total. The van der Waals surface area contributed by atoms with Crippen LogP contribution in [0, 0.1) is 5.92 Å². The molecule has 0 heterocycles. The minimum atomic E-state index is 0.176. The van der Waals surface area contributed by atoms with E-state index in [4.69, 9.17) is 0 Å². The highest BCUT2D eigenvalue weighted by Gasteiger charge is 2.19. The van der Waals surface area contributed by atoms with Crippen molar-refractivity contribution >= 4 is 5.91 Å². The number of allylic oxidation sites excluding steroid dienone is 1. The molecule has 1 unspecified atom stereocenters. The van der Waals surface area contributed by atoms with Crippen LogP contribution in [0.25, 0.3) is 0 Å². The minimum Gasteiger partial charge on any atom is -0.342 e. The zero-order valence-corrected chi connectivity index (χ0v) is 18.9. The number of hydrogen-bond acceptors (Lipinski definition) is 1. The van der Waals surface area contributed by atoms with Gasteiger partial charge in [0.15, 0.2) is 0 Å². The van der Waals surface area contributed by atoms with Gasteiger partial charge in [0, 0.05) is 19.0 Å². The first-order valence-electron chi connectivity index (χ1n) is 12.1. The maximum absolute atomic E-state index is 12.9. The minimum absolute atomic E-state index is 0.176. The number of nitrogens with zero attached hydrogens (tertiary/aromatic N) is 1. The molecule has 1 atom stereocenters. The fourth-order valence-corrected chi connectivity index (χ4v) is 3.67. The third-order valence-electron chi connectivity index (χ3n) is 5.59. The number of rotatable bonds is 20. The van der Waals surface area contributed by atoms with E-state index in [2.05, 4.69) is 32.3 Å². The summed E-state index contributed by atoms with van der Waals surface area (Å²) in [5.41, 5.74) is 0. The van der Waals surface area contributed by atoms with Gasteiger partial charge in [-0.1, -0.05) is 97.5 Å². The summed E-state index contributed by atoms with van der Waals surface area (Å²) in [5, 5.41) is 0. The van der Waals surface area contributed by atoms with Gasteiger partial charge >= 0.3 is 0 Å². The van der Waals surface area contributed by atoms with Gasteiger partial charge in [0.1, 0.15) is 0 Å². The highest BCUT2D eigenvalue weighted by atomic mass is 16.2. The molecule has 2 heteroatoms. The summed E-state index contributed by atoms with van der Waals surface area (Å²) in [6, 6.07) is 0. The van der Waals surface area contributed by atoms with Crippen LogP contribution in [0.5, 0.6) is 0 Å². The normalized spacial score (nSPS) is 12.1. The molecule has 0 aliphatic carbocycles. The Morgan fingerprint density at radius 1 is 0.778 bits per heavy atom. The van der Waals surface area contributed by atoms with Crippen LogP contribution < -0.4 is 0 Å². The maximum atomic E-state index is 12.9. The SMILES string of the molecule is C=CCCCCC(C)C(=O)N(CCCCCCCC)CCCCCCCC. The fourth-order valence-electron chi connectivity index (χ4n) is 3.67. The molecule has 0 aromatic heterocycles. The number of unbranched alkanes of at least 4 members (excludes halogenated alkanes) is 12. The third kappa shape index (κ3) is 15.9. The highest BCUT2D eigenvalue weighted by Crippen LogP contribution is 2.16. The Bertz CT molecular complexity index is 323. The molecule has 0 rings (SSSR count). The van der Waals surface area contributed by atoms with E-state index in [1.807, 2.05) is 6.08 Å². The van der Waals surface area contributed by atoms with Crippen LogP contribution in [0.4, 0.5) is 0 Å². The lowest BCUT2D eigenvalue weighted by Gasteiger charge is -2.26. The van der Waals surface area contributed by atoms with E-state index in [1.165, 1.54) is 77.0 Å². The molecule has 0 fully saturated rings. The number of carbonyl (C=O) groups excluding carboxylic acids is 1. The van der Waals surface area contributed by atoms with Crippen molar-refractivity contribution in [2.45, 2.75) is 124 Å². The highest BCUT2D eigenvalue weighted by molar-refractivity contribution is 5.78. The van der Waals surface area contributed by atoms with Crippen molar-refractivity contribution in [1.82, 2.24) is 4.90 Å². The molecule has 0 saturated heterocycles. The number of hydrogen-bond donors (Lipinski definition) is 0. The third-order valence-corrected chi connectivity index (χ3v) is 5.59. The summed E-state index contributed by atoms with van der Waals surface area (Å²) in [6.45, 7) is 12.4. The topological polar surface area (TPSA) is 20.3 Å². The van der Waals surface area contributed by atoms with Crippen molar-refractivity contribution < 1.29 is 4.79 Å². The summed E-state index contributed by atoms with van der Waals surface area (Å²) in [4.78, 5) is 15.1. The summed E-state index contributed by atoms with van der Waals surface area (Å²) >= 11 is 0. The molecular weight excluding hydrogens is 330 g/mol. The van der Waals surface area contributed by atoms with Gasteiger partial charge in [-0.05, 0) is 32.1 Å². The number of amides is 1. The lowest BCUT2D eigenvalue weighted by Crippen LogP contribution is -2.36. The van der Waals surface area contributed by atoms with Crippen LogP contribution in [0.1, 0.15) is 124 Å². The van der Waals surface area contributed by atoms with Gasteiger partial charge in [-0.2, -0.15) is 0 Å². The van der Waals surface area contributed by atoms with Crippen LogP contribution in [-0.2, 0) is 4.79 Å². The van der Waals surface area contributed by atoms with E-state index in [0.29, 0.717) is 5.91 Å². The predicted octanol–water partition coefficient (Wildman–Crippen LogP) is 7.92. The summed E-state index contributed by atoms with van der Waals surface area (Å²) < 4.78 is 0. The van der Waals surface area contributed by atoms with E-state index in [9.17, 15) is 4.79 Å². The molecule has 1 amide bonds. The van der Waals surface area contributed by atoms with Gasteiger partial charge in [-0.15, -0.1) is 6.58 Å². The van der Waals surface area contributed by atoms with Crippen LogP contribution in [0.15, 0.2) is 12.7 Å². The average molecular weight is 380 g/mol. The monoisotopic (exact) mass is 379 g/mol.